The van der Waals surface area contributed by atoms with E-state index < -0.39 is 5.60 Å². The van der Waals surface area contributed by atoms with E-state index in [9.17, 15) is 9.59 Å². The SMILES string of the molecule is COC(=O)C1=CCC2CCC1C2C(=O)OC(C)(C)C. The third kappa shape index (κ3) is 2.82. The predicted molar refractivity (Wildman–Crippen MR) is 70.3 cm³/mol. The second-order valence-corrected chi connectivity index (χ2v) is 6.39. The first-order chi connectivity index (χ1) is 8.83. The molecule has 4 nitrogen and oxygen atoms in total. The average Bonchev–Trinajstić information content (AvgIpc) is 2.61. The van der Waals surface area contributed by atoms with Crippen molar-refractivity contribution in [3.63, 3.8) is 0 Å². The average molecular weight is 266 g/mol. The molecular weight excluding hydrogens is 244 g/mol. The van der Waals surface area contributed by atoms with Crippen molar-refractivity contribution in [1.82, 2.24) is 0 Å². The molecule has 0 spiro atoms. The van der Waals surface area contributed by atoms with E-state index in [1.807, 2.05) is 26.8 Å². The summed E-state index contributed by atoms with van der Waals surface area (Å²) in [7, 11) is 1.38. The van der Waals surface area contributed by atoms with Crippen molar-refractivity contribution in [2.45, 2.75) is 45.6 Å². The number of esters is 2. The molecule has 0 aromatic rings. The van der Waals surface area contributed by atoms with E-state index in [2.05, 4.69) is 0 Å². The molecule has 0 saturated heterocycles. The third-order valence-corrected chi connectivity index (χ3v) is 3.93. The molecule has 0 aromatic carbocycles. The lowest BCUT2D eigenvalue weighted by Crippen LogP contribution is -2.36. The second-order valence-electron chi connectivity index (χ2n) is 6.39. The van der Waals surface area contributed by atoms with Crippen LogP contribution in [0.5, 0.6) is 0 Å². The first-order valence-electron chi connectivity index (χ1n) is 6.84. The van der Waals surface area contributed by atoms with Crippen LogP contribution in [-0.4, -0.2) is 24.6 Å². The smallest absolute Gasteiger partial charge is 0.333 e. The van der Waals surface area contributed by atoms with Gasteiger partial charge in [0.15, 0.2) is 0 Å². The van der Waals surface area contributed by atoms with E-state index in [4.69, 9.17) is 9.47 Å². The monoisotopic (exact) mass is 266 g/mol. The fourth-order valence-electron chi connectivity index (χ4n) is 3.20. The van der Waals surface area contributed by atoms with Crippen LogP contribution < -0.4 is 0 Å². The van der Waals surface area contributed by atoms with Crippen molar-refractivity contribution in [1.29, 1.82) is 0 Å². The first kappa shape index (κ1) is 14.1. The van der Waals surface area contributed by atoms with Crippen molar-refractivity contribution in [3.05, 3.63) is 11.6 Å². The van der Waals surface area contributed by atoms with Crippen LogP contribution in [0.25, 0.3) is 0 Å². The molecule has 0 N–H and O–H groups in total. The number of hydrogen-bond donors (Lipinski definition) is 0. The van der Waals surface area contributed by atoms with Gasteiger partial charge in [-0.25, -0.2) is 4.79 Å². The Labute approximate surface area is 114 Å². The minimum Gasteiger partial charge on any atom is -0.466 e. The van der Waals surface area contributed by atoms with E-state index in [0.29, 0.717) is 11.5 Å². The lowest BCUT2D eigenvalue weighted by molar-refractivity contribution is -0.162. The largest absolute Gasteiger partial charge is 0.466 e. The minimum absolute atomic E-state index is 0.0268. The lowest BCUT2D eigenvalue weighted by atomic mass is 9.78. The van der Waals surface area contributed by atoms with Gasteiger partial charge in [-0.1, -0.05) is 6.08 Å². The van der Waals surface area contributed by atoms with Crippen LogP contribution in [0.3, 0.4) is 0 Å². The molecule has 0 amide bonds. The zero-order valence-corrected chi connectivity index (χ0v) is 12.1. The molecule has 2 aliphatic carbocycles. The van der Waals surface area contributed by atoms with Gasteiger partial charge < -0.3 is 9.47 Å². The number of carbonyl (C=O) groups excluding carboxylic acids is 2. The van der Waals surface area contributed by atoms with Crippen molar-refractivity contribution in [2.75, 3.05) is 7.11 Å². The number of hydrogen-bond acceptors (Lipinski definition) is 4. The van der Waals surface area contributed by atoms with Gasteiger partial charge in [0, 0.05) is 11.5 Å². The molecule has 4 heteroatoms. The summed E-state index contributed by atoms with van der Waals surface area (Å²) in [5.74, 6) is -0.374. The van der Waals surface area contributed by atoms with Crippen molar-refractivity contribution in [3.8, 4) is 0 Å². The fraction of sp³-hybridized carbons (Fsp3) is 0.733. The van der Waals surface area contributed by atoms with E-state index in [-0.39, 0.29) is 23.8 Å². The molecule has 3 unspecified atom stereocenters. The minimum atomic E-state index is -0.483. The lowest BCUT2D eigenvalue weighted by Gasteiger charge is -2.30. The van der Waals surface area contributed by atoms with E-state index in [1.165, 1.54) is 7.11 Å². The number of rotatable bonds is 2. The Balaban J connectivity index is 2.17. The maximum absolute atomic E-state index is 12.3. The molecular formula is C15H22O4. The van der Waals surface area contributed by atoms with Gasteiger partial charge in [0.1, 0.15) is 5.60 Å². The molecule has 2 rings (SSSR count). The predicted octanol–water partition coefficient (Wildman–Crippen LogP) is 2.47. The Morgan fingerprint density at radius 2 is 1.95 bits per heavy atom. The highest BCUT2D eigenvalue weighted by Crippen LogP contribution is 2.48. The Hall–Kier alpha value is -1.32. The molecule has 2 bridgehead atoms. The van der Waals surface area contributed by atoms with Gasteiger partial charge in [0.25, 0.3) is 0 Å². The van der Waals surface area contributed by atoms with E-state index in [0.717, 1.165) is 19.3 Å². The summed E-state index contributed by atoms with van der Waals surface area (Å²) >= 11 is 0. The highest BCUT2D eigenvalue weighted by molar-refractivity contribution is 5.91. The number of fused-ring (bicyclic) bond motifs is 2. The highest BCUT2D eigenvalue weighted by Gasteiger charge is 2.48. The molecule has 2 aliphatic rings. The molecule has 106 valence electrons. The Morgan fingerprint density at radius 1 is 1.26 bits per heavy atom. The summed E-state index contributed by atoms with van der Waals surface area (Å²) in [6.07, 6.45) is 4.56. The van der Waals surface area contributed by atoms with Crippen LogP contribution in [0.2, 0.25) is 0 Å². The molecule has 19 heavy (non-hydrogen) atoms. The normalized spacial score (nSPS) is 29.7. The van der Waals surface area contributed by atoms with Crippen LogP contribution in [0, 0.1) is 17.8 Å². The molecule has 1 fully saturated rings. The topological polar surface area (TPSA) is 52.6 Å². The van der Waals surface area contributed by atoms with Crippen molar-refractivity contribution < 1.29 is 19.1 Å². The van der Waals surface area contributed by atoms with Crippen LogP contribution >= 0.6 is 0 Å². The number of carbonyl (C=O) groups is 2. The Kier molecular flexibility index (Phi) is 3.70. The molecule has 0 radical (unpaired) electrons. The van der Waals surface area contributed by atoms with Crippen molar-refractivity contribution in [2.24, 2.45) is 17.8 Å². The van der Waals surface area contributed by atoms with Gasteiger partial charge in [-0.2, -0.15) is 0 Å². The standard InChI is InChI=1S/C15H22O4/c1-15(2,3)19-14(17)12-9-5-7-10(12)11(8-6-9)13(16)18-4/h8-10,12H,5-7H2,1-4H3. The van der Waals surface area contributed by atoms with Gasteiger partial charge in [-0.15, -0.1) is 0 Å². The quantitative estimate of drug-likeness (QED) is 0.720. The van der Waals surface area contributed by atoms with Gasteiger partial charge in [0.05, 0.1) is 13.0 Å². The summed E-state index contributed by atoms with van der Waals surface area (Å²) in [6, 6.07) is 0. The van der Waals surface area contributed by atoms with Gasteiger partial charge in [0.2, 0.25) is 0 Å². The van der Waals surface area contributed by atoms with Gasteiger partial charge >= 0.3 is 11.9 Å². The molecule has 1 saturated carbocycles. The maximum atomic E-state index is 12.3. The molecule has 0 aromatic heterocycles. The maximum Gasteiger partial charge on any atom is 0.333 e. The summed E-state index contributed by atoms with van der Waals surface area (Å²) in [4.78, 5) is 24.1. The zero-order valence-electron chi connectivity index (χ0n) is 12.1. The number of methoxy groups -OCH3 is 1. The van der Waals surface area contributed by atoms with Crippen LogP contribution in [0.1, 0.15) is 40.0 Å². The van der Waals surface area contributed by atoms with Crippen LogP contribution in [0.15, 0.2) is 11.6 Å². The first-order valence-corrected chi connectivity index (χ1v) is 6.84. The van der Waals surface area contributed by atoms with Crippen LogP contribution in [-0.2, 0) is 19.1 Å². The van der Waals surface area contributed by atoms with Crippen LogP contribution in [0.4, 0.5) is 0 Å². The fourth-order valence-corrected chi connectivity index (χ4v) is 3.20. The Morgan fingerprint density at radius 3 is 2.53 bits per heavy atom. The molecule has 3 atom stereocenters. The summed E-state index contributed by atoms with van der Waals surface area (Å²) in [5, 5.41) is 0. The number of allylic oxidation sites excluding steroid dienone is 1. The van der Waals surface area contributed by atoms with E-state index in [1.54, 1.807) is 0 Å². The highest BCUT2D eigenvalue weighted by atomic mass is 16.6. The number of ether oxygens (including phenoxy) is 2. The second kappa shape index (κ2) is 4.99. The van der Waals surface area contributed by atoms with Gasteiger partial charge in [-0.3, -0.25) is 4.79 Å². The zero-order chi connectivity index (χ0) is 14.2. The summed E-state index contributed by atoms with van der Waals surface area (Å²) in [6.45, 7) is 5.60. The Bertz CT molecular complexity index is 416. The summed E-state index contributed by atoms with van der Waals surface area (Å²) in [5.41, 5.74) is 0.176. The molecule has 0 aliphatic heterocycles. The van der Waals surface area contributed by atoms with E-state index >= 15 is 0 Å². The molecule has 0 heterocycles. The van der Waals surface area contributed by atoms with Gasteiger partial charge in [-0.05, 0) is 46.0 Å². The third-order valence-electron chi connectivity index (χ3n) is 3.93. The summed E-state index contributed by atoms with van der Waals surface area (Å²) < 4.78 is 10.3. The van der Waals surface area contributed by atoms with Crippen molar-refractivity contribution >= 4 is 11.9 Å².